The van der Waals surface area contributed by atoms with Crippen molar-refractivity contribution < 1.29 is 14.0 Å². The summed E-state index contributed by atoms with van der Waals surface area (Å²) in [5.74, 6) is -2.25. The number of halogens is 1. The van der Waals surface area contributed by atoms with E-state index in [1.165, 1.54) is 12.3 Å². The summed E-state index contributed by atoms with van der Waals surface area (Å²) in [6, 6.07) is 3.40. The zero-order valence-electron chi connectivity index (χ0n) is 9.63. The van der Waals surface area contributed by atoms with Gasteiger partial charge in [-0.1, -0.05) is 0 Å². The van der Waals surface area contributed by atoms with Crippen LogP contribution in [0.1, 0.15) is 20.8 Å². The van der Waals surface area contributed by atoms with Crippen LogP contribution in [-0.4, -0.2) is 21.6 Å². The third kappa shape index (κ3) is 2.23. The normalized spacial score (nSPS) is 10.4. The maximum absolute atomic E-state index is 13.1. The van der Waals surface area contributed by atoms with Gasteiger partial charge in [0.25, 0.3) is 11.8 Å². The number of primary amides is 2. The van der Waals surface area contributed by atoms with Crippen molar-refractivity contribution in [3.8, 4) is 5.69 Å². The number of rotatable bonds is 3. The topological polar surface area (TPSA) is 130 Å². The standard InChI is InChI=1S/C11H10FN5O2/c12-5-1-2-8(6(3-5)10(14)18)17-4-7(13)9(16-17)11(15)19/h1-4H,13H2,(H2,14,18)(H2,15,19). The number of aromatic nitrogens is 2. The van der Waals surface area contributed by atoms with Crippen LogP contribution in [0, 0.1) is 5.82 Å². The molecule has 1 aromatic heterocycles. The number of nitrogens with zero attached hydrogens (tertiary/aromatic N) is 2. The Bertz CT molecular complexity index is 680. The molecule has 1 aromatic carbocycles. The minimum absolute atomic E-state index is 0.0484. The molecule has 0 saturated heterocycles. The van der Waals surface area contributed by atoms with Crippen molar-refractivity contribution in [3.63, 3.8) is 0 Å². The lowest BCUT2D eigenvalue weighted by Crippen LogP contribution is -2.16. The van der Waals surface area contributed by atoms with Gasteiger partial charge >= 0.3 is 0 Å². The monoisotopic (exact) mass is 263 g/mol. The van der Waals surface area contributed by atoms with E-state index in [9.17, 15) is 14.0 Å². The second-order valence-corrected chi connectivity index (χ2v) is 3.77. The smallest absolute Gasteiger partial charge is 0.271 e. The molecule has 2 amide bonds. The van der Waals surface area contributed by atoms with Gasteiger partial charge in [0.1, 0.15) is 5.82 Å². The first-order valence-electron chi connectivity index (χ1n) is 5.15. The SMILES string of the molecule is NC(=O)c1cc(F)ccc1-n1cc(N)c(C(N)=O)n1. The zero-order chi connectivity index (χ0) is 14.2. The van der Waals surface area contributed by atoms with Crippen molar-refractivity contribution in [1.82, 2.24) is 9.78 Å². The summed E-state index contributed by atoms with van der Waals surface area (Å²) >= 11 is 0. The molecule has 0 saturated carbocycles. The molecule has 7 nitrogen and oxygen atoms in total. The van der Waals surface area contributed by atoms with Gasteiger partial charge in [0, 0.05) is 0 Å². The van der Waals surface area contributed by atoms with Crippen LogP contribution < -0.4 is 17.2 Å². The summed E-state index contributed by atoms with van der Waals surface area (Å²) in [4.78, 5) is 22.3. The first-order valence-corrected chi connectivity index (χ1v) is 5.15. The van der Waals surface area contributed by atoms with E-state index in [-0.39, 0.29) is 22.6 Å². The molecule has 0 unspecified atom stereocenters. The number of benzene rings is 1. The molecule has 0 aliphatic rings. The van der Waals surface area contributed by atoms with Gasteiger partial charge in [0.2, 0.25) is 0 Å². The Labute approximate surface area is 106 Å². The predicted molar refractivity (Wildman–Crippen MR) is 65.0 cm³/mol. The van der Waals surface area contributed by atoms with Gasteiger partial charge in [-0.05, 0) is 18.2 Å². The number of nitrogens with two attached hydrogens (primary N) is 3. The molecule has 0 atom stereocenters. The second kappa shape index (κ2) is 4.41. The number of hydrogen-bond acceptors (Lipinski definition) is 4. The molecule has 1 heterocycles. The molecule has 0 radical (unpaired) electrons. The van der Waals surface area contributed by atoms with Gasteiger partial charge < -0.3 is 17.2 Å². The molecule has 0 aliphatic heterocycles. The van der Waals surface area contributed by atoms with Crippen LogP contribution in [0.3, 0.4) is 0 Å². The summed E-state index contributed by atoms with van der Waals surface area (Å²) in [5, 5.41) is 3.84. The number of carbonyl (C=O) groups is 2. The van der Waals surface area contributed by atoms with E-state index in [0.29, 0.717) is 0 Å². The summed E-state index contributed by atoms with van der Waals surface area (Å²) in [5.41, 5.74) is 15.8. The van der Waals surface area contributed by atoms with Crippen LogP contribution in [-0.2, 0) is 0 Å². The van der Waals surface area contributed by atoms with E-state index in [1.807, 2.05) is 0 Å². The minimum atomic E-state index is -0.829. The average molecular weight is 263 g/mol. The molecule has 0 spiro atoms. The van der Waals surface area contributed by atoms with Crippen LogP contribution in [0.5, 0.6) is 0 Å². The van der Waals surface area contributed by atoms with E-state index in [0.717, 1.165) is 16.8 Å². The Kier molecular flexibility index (Phi) is 2.91. The number of anilines is 1. The van der Waals surface area contributed by atoms with Crippen molar-refractivity contribution in [3.05, 3.63) is 41.5 Å². The lowest BCUT2D eigenvalue weighted by Gasteiger charge is -2.06. The number of carbonyl (C=O) groups excluding carboxylic acids is 2. The molecule has 19 heavy (non-hydrogen) atoms. The highest BCUT2D eigenvalue weighted by Gasteiger charge is 2.16. The molecular formula is C11H10FN5O2. The van der Waals surface area contributed by atoms with Gasteiger partial charge in [0.05, 0.1) is 23.1 Å². The summed E-state index contributed by atoms with van der Waals surface area (Å²) in [7, 11) is 0. The summed E-state index contributed by atoms with van der Waals surface area (Å²) < 4.78 is 14.2. The van der Waals surface area contributed by atoms with E-state index in [1.54, 1.807) is 0 Å². The van der Waals surface area contributed by atoms with Crippen LogP contribution in [0.25, 0.3) is 5.69 Å². The van der Waals surface area contributed by atoms with E-state index < -0.39 is 17.6 Å². The number of hydrogen-bond donors (Lipinski definition) is 3. The average Bonchev–Trinajstić information content (AvgIpc) is 2.71. The van der Waals surface area contributed by atoms with Crippen LogP contribution in [0.4, 0.5) is 10.1 Å². The molecule has 2 aromatic rings. The first kappa shape index (κ1) is 12.6. The summed E-state index contributed by atoms with van der Waals surface area (Å²) in [6.07, 6.45) is 1.29. The quantitative estimate of drug-likeness (QED) is 0.707. The van der Waals surface area contributed by atoms with Gasteiger partial charge in [-0.25, -0.2) is 9.07 Å². The lowest BCUT2D eigenvalue weighted by molar-refractivity contribution is 0.0991. The van der Waals surface area contributed by atoms with Crippen LogP contribution in [0.15, 0.2) is 24.4 Å². The van der Waals surface area contributed by atoms with E-state index in [4.69, 9.17) is 17.2 Å². The lowest BCUT2D eigenvalue weighted by atomic mass is 10.1. The van der Waals surface area contributed by atoms with Gasteiger partial charge in [-0.15, -0.1) is 0 Å². The Morgan fingerprint density at radius 2 is 1.89 bits per heavy atom. The van der Waals surface area contributed by atoms with Gasteiger partial charge in [-0.3, -0.25) is 9.59 Å². The maximum Gasteiger partial charge on any atom is 0.271 e. The highest BCUT2D eigenvalue weighted by Crippen LogP contribution is 2.18. The molecule has 2 rings (SSSR count). The molecule has 0 aliphatic carbocycles. The fraction of sp³-hybridized carbons (Fsp3) is 0. The van der Waals surface area contributed by atoms with Crippen molar-refractivity contribution in [1.29, 1.82) is 0 Å². The van der Waals surface area contributed by atoms with E-state index >= 15 is 0 Å². The van der Waals surface area contributed by atoms with Crippen molar-refractivity contribution in [2.45, 2.75) is 0 Å². The highest BCUT2D eigenvalue weighted by molar-refractivity contribution is 5.97. The number of nitrogen functional groups attached to an aromatic ring is 1. The first-order chi connectivity index (χ1) is 8.90. The van der Waals surface area contributed by atoms with E-state index in [2.05, 4.69) is 5.10 Å². The second-order valence-electron chi connectivity index (χ2n) is 3.77. The third-order valence-corrected chi connectivity index (χ3v) is 2.45. The Morgan fingerprint density at radius 1 is 1.21 bits per heavy atom. The molecule has 6 N–H and O–H groups in total. The van der Waals surface area contributed by atoms with Crippen molar-refractivity contribution in [2.75, 3.05) is 5.73 Å². The van der Waals surface area contributed by atoms with Crippen LogP contribution >= 0.6 is 0 Å². The Balaban J connectivity index is 2.62. The van der Waals surface area contributed by atoms with Crippen molar-refractivity contribution >= 4 is 17.5 Å². The zero-order valence-corrected chi connectivity index (χ0v) is 9.63. The molecule has 98 valence electrons. The Hall–Kier alpha value is -2.90. The van der Waals surface area contributed by atoms with Gasteiger partial charge in [0.15, 0.2) is 5.69 Å². The number of amides is 2. The molecule has 8 heteroatoms. The third-order valence-electron chi connectivity index (χ3n) is 2.45. The fourth-order valence-corrected chi connectivity index (χ4v) is 1.61. The highest BCUT2D eigenvalue weighted by atomic mass is 19.1. The van der Waals surface area contributed by atoms with Gasteiger partial charge in [-0.2, -0.15) is 5.10 Å². The minimum Gasteiger partial charge on any atom is -0.396 e. The fourth-order valence-electron chi connectivity index (χ4n) is 1.61. The molecular weight excluding hydrogens is 253 g/mol. The molecule has 0 bridgehead atoms. The Morgan fingerprint density at radius 3 is 2.42 bits per heavy atom. The molecule has 0 fully saturated rings. The maximum atomic E-state index is 13.1. The predicted octanol–water partition coefficient (Wildman–Crippen LogP) is -0.209. The summed E-state index contributed by atoms with van der Waals surface area (Å²) in [6.45, 7) is 0. The van der Waals surface area contributed by atoms with Crippen molar-refractivity contribution in [2.24, 2.45) is 11.5 Å². The van der Waals surface area contributed by atoms with Crippen LogP contribution in [0.2, 0.25) is 0 Å². The largest absolute Gasteiger partial charge is 0.396 e.